The van der Waals surface area contributed by atoms with E-state index in [0.717, 1.165) is 6.42 Å². The maximum atomic E-state index is 11.5. The molecule has 1 aliphatic carbocycles. The van der Waals surface area contributed by atoms with Gasteiger partial charge in [-0.3, -0.25) is 4.79 Å². The highest BCUT2D eigenvalue weighted by Crippen LogP contribution is 2.39. The lowest BCUT2D eigenvalue weighted by Gasteiger charge is -2.04. The fourth-order valence-corrected chi connectivity index (χ4v) is 1.54. The van der Waals surface area contributed by atoms with Gasteiger partial charge in [-0.1, -0.05) is 30.7 Å². The van der Waals surface area contributed by atoms with Crippen LogP contribution in [0, 0.1) is 11.8 Å². The van der Waals surface area contributed by atoms with E-state index in [0.29, 0.717) is 16.7 Å². The smallest absolute Gasteiger partial charge is 0.314 e. The van der Waals surface area contributed by atoms with Gasteiger partial charge in [-0.15, -0.1) is 0 Å². The molecular formula is C11H11ClO2. The Kier molecular flexibility index (Phi) is 2.46. The molecule has 14 heavy (non-hydrogen) atoms. The lowest BCUT2D eigenvalue weighted by atomic mass is 10.3. The van der Waals surface area contributed by atoms with Gasteiger partial charge in [0.05, 0.1) is 10.9 Å². The fraction of sp³-hybridized carbons (Fsp3) is 0.364. The number of carbonyl (C=O) groups excluding carboxylic acids is 1. The molecule has 1 aromatic carbocycles. The molecule has 0 amide bonds. The Morgan fingerprint density at radius 3 is 2.71 bits per heavy atom. The minimum Gasteiger partial charge on any atom is -0.425 e. The summed E-state index contributed by atoms with van der Waals surface area (Å²) in [5.74, 6) is 0.833. The molecule has 2 atom stereocenters. The second kappa shape index (κ2) is 3.62. The molecule has 1 fully saturated rings. The second-order valence-corrected chi connectivity index (χ2v) is 4.08. The molecule has 0 aromatic heterocycles. The number of benzene rings is 1. The van der Waals surface area contributed by atoms with E-state index < -0.39 is 0 Å². The van der Waals surface area contributed by atoms with Crippen LogP contribution in [0.3, 0.4) is 0 Å². The van der Waals surface area contributed by atoms with E-state index in [1.165, 1.54) is 0 Å². The molecule has 2 nitrogen and oxygen atoms in total. The molecule has 1 saturated carbocycles. The molecular weight excluding hydrogens is 200 g/mol. The average molecular weight is 211 g/mol. The van der Waals surface area contributed by atoms with Crippen LogP contribution >= 0.6 is 11.6 Å². The summed E-state index contributed by atoms with van der Waals surface area (Å²) in [6.07, 6.45) is 0.934. The van der Waals surface area contributed by atoms with E-state index in [1.54, 1.807) is 24.3 Å². The first-order valence-electron chi connectivity index (χ1n) is 4.64. The zero-order valence-electron chi connectivity index (χ0n) is 7.87. The van der Waals surface area contributed by atoms with Crippen molar-refractivity contribution in [1.29, 1.82) is 0 Å². The van der Waals surface area contributed by atoms with Crippen LogP contribution in [0.1, 0.15) is 13.3 Å². The standard InChI is InChI=1S/C11H11ClO2/c1-7-6-8(7)11(13)14-10-5-3-2-4-9(10)12/h2-5,7-8H,6H2,1H3. The molecule has 0 heterocycles. The highest BCUT2D eigenvalue weighted by Gasteiger charge is 2.40. The molecule has 0 saturated heterocycles. The van der Waals surface area contributed by atoms with Crippen molar-refractivity contribution < 1.29 is 9.53 Å². The summed E-state index contributed by atoms with van der Waals surface area (Å²) in [5.41, 5.74) is 0. The Labute approximate surface area is 87.8 Å². The number of esters is 1. The number of halogens is 1. The van der Waals surface area contributed by atoms with Gasteiger partial charge in [-0.05, 0) is 24.5 Å². The molecule has 0 N–H and O–H groups in total. The largest absolute Gasteiger partial charge is 0.425 e. The maximum absolute atomic E-state index is 11.5. The quantitative estimate of drug-likeness (QED) is 0.554. The van der Waals surface area contributed by atoms with Crippen molar-refractivity contribution in [3.05, 3.63) is 29.3 Å². The minimum absolute atomic E-state index is 0.0753. The molecule has 0 bridgehead atoms. The average Bonchev–Trinajstić information content (AvgIpc) is 2.87. The van der Waals surface area contributed by atoms with Gasteiger partial charge in [-0.2, -0.15) is 0 Å². The van der Waals surface area contributed by atoms with Crippen LogP contribution in [-0.2, 0) is 4.79 Å². The maximum Gasteiger partial charge on any atom is 0.314 e. The van der Waals surface area contributed by atoms with E-state index in [1.807, 2.05) is 6.92 Å². The first kappa shape index (κ1) is 9.53. The third kappa shape index (κ3) is 1.90. The number of para-hydroxylation sites is 1. The Balaban J connectivity index is 2.04. The number of ether oxygens (including phenoxy) is 1. The molecule has 0 aliphatic heterocycles. The van der Waals surface area contributed by atoms with Crippen LogP contribution in [0.5, 0.6) is 5.75 Å². The summed E-state index contributed by atoms with van der Waals surface area (Å²) >= 11 is 5.85. The molecule has 0 spiro atoms. The van der Waals surface area contributed by atoms with Gasteiger partial charge >= 0.3 is 5.97 Å². The molecule has 2 unspecified atom stereocenters. The summed E-state index contributed by atoms with van der Waals surface area (Å²) in [5, 5.41) is 0.481. The monoisotopic (exact) mass is 210 g/mol. The van der Waals surface area contributed by atoms with Crippen molar-refractivity contribution in [3.8, 4) is 5.75 Å². The van der Waals surface area contributed by atoms with E-state index in [4.69, 9.17) is 16.3 Å². The Hall–Kier alpha value is -1.02. The zero-order chi connectivity index (χ0) is 10.1. The van der Waals surface area contributed by atoms with Crippen molar-refractivity contribution in [2.45, 2.75) is 13.3 Å². The van der Waals surface area contributed by atoms with E-state index in [-0.39, 0.29) is 11.9 Å². The first-order chi connectivity index (χ1) is 6.68. The molecule has 0 radical (unpaired) electrons. The van der Waals surface area contributed by atoms with Crippen LogP contribution in [0.4, 0.5) is 0 Å². The zero-order valence-corrected chi connectivity index (χ0v) is 8.62. The van der Waals surface area contributed by atoms with Gasteiger partial charge in [0, 0.05) is 0 Å². The Bertz CT molecular complexity index is 362. The molecule has 3 heteroatoms. The third-order valence-electron chi connectivity index (χ3n) is 2.46. The number of carbonyl (C=O) groups is 1. The van der Waals surface area contributed by atoms with E-state index in [2.05, 4.69) is 0 Å². The summed E-state index contributed by atoms with van der Waals surface area (Å²) in [7, 11) is 0. The topological polar surface area (TPSA) is 26.3 Å². The van der Waals surface area contributed by atoms with Gasteiger partial charge in [0.2, 0.25) is 0 Å². The summed E-state index contributed by atoms with van der Waals surface area (Å²) in [6, 6.07) is 7.01. The first-order valence-corrected chi connectivity index (χ1v) is 5.02. The van der Waals surface area contributed by atoms with E-state index >= 15 is 0 Å². The normalized spacial score (nSPS) is 24.4. The van der Waals surface area contributed by atoms with Gasteiger partial charge in [-0.25, -0.2) is 0 Å². The fourth-order valence-electron chi connectivity index (χ4n) is 1.36. The van der Waals surface area contributed by atoms with Crippen molar-refractivity contribution in [2.24, 2.45) is 11.8 Å². The third-order valence-corrected chi connectivity index (χ3v) is 2.77. The van der Waals surface area contributed by atoms with Crippen LogP contribution < -0.4 is 4.74 Å². The highest BCUT2D eigenvalue weighted by molar-refractivity contribution is 6.32. The molecule has 1 aromatic rings. The van der Waals surface area contributed by atoms with Crippen molar-refractivity contribution in [3.63, 3.8) is 0 Å². The van der Waals surface area contributed by atoms with Gasteiger partial charge in [0.15, 0.2) is 0 Å². The van der Waals surface area contributed by atoms with Crippen molar-refractivity contribution in [1.82, 2.24) is 0 Å². The summed E-state index contributed by atoms with van der Waals surface area (Å²) in [4.78, 5) is 11.5. The van der Waals surface area contributed by atoms with Crippen LogP contribution in [0.15, 0.2) is 24.3 Å². The minimum atomic E-state index is -0.161. The predicted molar refractivity (Wildman–Crippen MR) is 54.4 cm³/mol. The lowest BCUT2D eigenvalue weighted by molar-refractivity contribution is -0.136. The van der Waals surface area contributed by atoms with Crippen LogP contribution in [0.25, 0.3) is 0 Å². The van der Waals surface area contributed by atoms with Gasteiger partial charge < -0.3 is 4.74 Å². The molecule has 74 valence electrons. The highest BCUT2D eigenvalue weighted by atomic mass is 35.5. The van der Waals surface area contributed by atoms with Crippen molar-refractivity contribution >= 4 is 17.6 Å². The Morgan fingerprint density at radius 1 is 1.50 bits per heavy atom. The van der Waals surface area contributed by atoms with Crippen LogP contribution in [-0.4, -0.2) is 5.97 Å². The Morgan fingerprint density at radius 2 is 2.14 bits per heavy atom. The van der Waals surface area contributed by atoms with Crippen LogP contribution in [0.2, 0.25) is 5.02 Å². The lowest BCUT2D eigenvalue weighted by Crippen LogP contribution is -2.11. The molecule has 2 rings (SSSR count). The molecule has 1 aliphatic rings. The van der Waals surface area contributed by atoms with Gasteiger partial charge in [0.1, 0.15) is 5.75 Å². The summed E-state index contributed by atoms with van der Waals surface area (Å²) in [6.45, 7) is 2.04. The van der Waals surface area contributed by atoms with Crippen molar-refractivity contribution in [2.75, 3.05) is 0 Å². The number of rotatable bonds is 2. The van der Waals surface area contributed by atoms with E-state index in [9.17, 15) is 4.79 Å². The second-order valence-electron chi connectivity index (χ2n) is 3.67. The van der Waals surface area contributed by atoms with Gasteiger partial charge in [0.25, 0.3) is 0 Å². The predicted octanol–water partition coefficient (Wildman–Crippen LogP) is 2.90. The number of hydrogen-bond acceptors (Lipinski definition) is 2. The number of hydrogen-bond donors (Lipinski definition) is 0. The summed E-state index contributed by atoms with van der Waals surface area (Å²) < 4.78 is 5.17. The SMILES string of the molecule is CC1CC1C(=O)Oc1ccccc1Cl.